The van der Waals surface area contributed by atoms with Crippen LogP contribution in [0.2, 0.25) is 0 Å². The Bertz CT molecular complexity index is 1020. The van der Waals surface area contributed by atoms with Crippen molar-refractivity contribution in [2.24, 2.45) is 10.2 Å². The molecular weight excluding hydrogens is 371 g/mol. The lowest BCUT2D eigenvalue weighted by Gasteiger charge is -2.04. The lowest BCUT2D eigenvalue weighted by atomic mass is 10.0. The summed E-state index contributed by atoms with van der Waals surface area (Å²) in [7, 11) is 0. The van der Waals surface area contributed by atoms with Crippen LogP contribution in [0.1, 0.15) is 41.5 Å². The standard InChI is InChI=1S/C27H27FN2/c1-3-4-5-6-7-22-9-11-23(12-10-22)19-29-30-20-24-13-15-25(16-14-24)26-17-8-21(2)18-27(26)28/h3,8-20H,1,4-7H2,2H3. The molecule has 0 aromatic heterocycles. The van der Waals surface area contributed by atoms with E-state index in [1.165, 1.54) is 18.4 Å². The molecule has 0 saturated carbocycles. The summed E-state index contributed by atoms with van der Waals surface area (Å²) in [6.45, 7) is 5.64. The summed E-state index contributed by atoms with van der Waals surface area (Å²) in [5.74, 6) is -0.205. The molecule has 0 aliphatic heterocycles. The highest BCUT2D eigenvalue weighted by molar-refractivity contribution is 5.83. The van der Waals surface area contributed by atoms with Crippen LogP contribution in [0.3, 0.4) is 0 Å². The van der Waals surface area contributed by atoms with Gasteiger partial charge in [0.1, 0.15) is 5.82 Å². The summed E-state index contributed by atoms with van der Waals surface area (Å²) in [5, 5.41) is 8.25. The summed E-state index contributed by atoms with van der Waals surface area (Å²) < 4.78 is 14.1. The fourth-order valence-corrected chi connectivity index (χ4v) is 3.19. The number of halogens is 1. The highest BCUT2D eigenvalue weighted by Crippen LogP contribution is 2.23. The molecule has 0 fully saturated rings. The molecule has 0 saturated heterocycles. The quantitative estimate of drug-likeness (QED) is 0.158. The van der Waals surface area contributed by atoms with Crippen LogP contribution in [0.4, 0.5) is 4.39 Å². The fourth-order valence-electron chi connectivity index (χ4n) is 3.19. The number of hydrogen-bond donors (Lipinski definition) is 0. The summed E-state index contributed by atoms with van der Waals surface area (Å²) in [5.41, 5.74) is 5.63. The molecule has 0 N–H and O–H groups in total. The number of rotatable bonds is 9. The van der Waals surface area contributed by atoms with Crippen LogP contribution in [-0.2, 0) is 6.42 Å². The largest absolute Gasteiger partial charge is 0.206 e. The van der Waals surface area contributed by atoms with Crippen molar-refractivity contribution in [2.75, 3.05) is 0 Å². The van der Waals surface area contributed by atoms with Gasteiger partial charge in [0.05, 0.1) is 12.4 Å². The smallest absolute Gasteiger partial charge is 0.131 e. The molecule has 0 heterocycles. The molecule has 0 atom stereocenters. The van der Waals surface area contributed by atoms with Crippen LogP contribution in [0, 0.1) is 12.7 Å². The Hall–Kier alpha value is -3.33. The Morgan fingerprint density at radius 1 is 0.833 bits per heavy atom. The van der Waals surface area contributed by atoms with Crippen LogP contribution in [0.25, 0.3) is 11.1 Å². The maximum absolute atomic E-state index is 14.1. The van der Waals surface area contributed by atoms with E-state index in [1.807, 2.05) is 49.4 Å². The zero-order valence-corrected chi connectivity index (χ0v) is 17.4. The molecule has 0 aliphatic carbocycles. The summed E-state index contributed by atoms with van der Waals surface area (Å²) in [6.07, 6.45) is 9.94. The van der Waals surface area contributed by atoms with Gasteiger partial charge >= 0.3 is 0 Å². The Labute approximate surface area is 178 Å². The second-order valence-corrected chi connectivity index (χ2v) is 7.37. The number of nitrogens with zero attached hydrogens (tertiary/aromatic N) is 2. The summed E-state index contributed by atoms with van der Waals surface area (Å²) in [6, 6.07) is 21.3. The molecule has 0 bridgehead atoms. The van der Waals surface area contributed by atoms with Crippen molar-refractivity contribution >= 4 is 12.4 Å². The molecular formula is C27H27FN2. The van der Waals surface area contributed by atoms with Crippen LogP contribution in [0.5, 0.6) is 0 Å². The monoisotopic (exact) mass is 398 g/mol. The molecule has 3 rings (SSSR count). The van der Waals surface area contributed by atoms with Crippen molar-refractivity contribution in [3.8, 4) is 11.1 Å². The molecule has 0 radical (unpaired) electrons. The number of hydrogen-bond acceptors (Lipinski definition) is 2. The van der Waals surface area contributed by atoms with Gasteiger partial charge in [0.25, 0.3) is 0 Å². The average Bonchev–Trinajstić information content (AvgIpc) is 2.76. The first kappa shape index (κ1) is 21.4. The first-order valence-electron chi connectivity index (χ1n) is 10.3. The van der Waals surface area contributed by atoms with Gasteiger partial charge in [0, 0.05) is 5.56 Å². The van der Waals surface area contributed by atoms with E-state index in [9.17, 15) is 4.39 Å². The first-order chi connectivity index (χ1) is 14.7. The van der Waals surface area contributed by atoms with Gasteiger partial charge in [-0.2, -0.15) is 10.2 Å². The van der Waals surface area contributed by atoms with E-state index in [0.29, 0.717) is 5.56 Å². The fraction of sp³-hybridized carbons (Fsp3) is 0.185. The van der Waals surface area contributed by atoms with Gasteiger partial charge in [-0.1, -0.05) is 66.7 Å². The van der Waals surface area contributed by atoms with E-state index in [4.69, 9.17) is 0 Å². The van der Waals surface area contributed by atoms with Crippen molar-refractivity contribution in [1.29, 1.82) is 0 Å². The van der Waals surface area contributed by atoms with E-state index in [0.717, 1.165) is 35.1 Å². The Balaban J connectivity index is 1.54. The average molecular weight is 399 g/mol. The molecule has 2 nitrogen and oxygen atoms in total. The van der Waals surface area contributed by atoms with Crippen molar-refractivity contribution in [3.05, 3.63) is 107 Å². The molecule has 0 spiro atoms. The predicted molar refractivity (Wildman–Crippen MR) is 126 cm³/mol. The highest BCUT2D eigenvalue weighted by Gasteiger charge is 2.04. The van der Waals surface area contributed by atoms with Crippen molar-refractivity contribution < 1.29 is 4.39 Å². The van der Waals surface area contributed by atoms with Crippen molar-refractivity contribution in [3.63, 3.8) is 0 Å². The van der Waals surface area contributed by atoms with E-state index in [1.54, 1.807) is 18.5 Å². The van der Waals surface area contributed by atoms with E-state index >= 15 is 0 Å². The van der Waals surface area contributed by atoms with Gasteiger partial charge in [-0.25, -0.2) is 4.39 Å². The maximum Gasteiger partial charge on any atom is 0.131 e. The highest BCUT2D eigenvalue weighted by atomic mass is 19.1. The molecule has 3 aromatic rings. The topological polar surface area (TPSA) is 24.7 Å². The third-order valence-electron chi connectivity index (χ3n) is 4.93. The predicted octanol–water partition coefficient (Wildman–Crippen LogP) is 7.15. The van der Waals surface area contributed by atoms with Crippen molar-refractivity contribution in [2.45, 2.75) is 32.6 Å². The third kappa shape index (κ3) is 6.35. The Kier molecular flexibility index (Phi) is 7.85. The minimum Gasteiger partial charge on any atom is -0.206 e. The summed E-state index contributed by atoms with van der Waals surface area (Å²) in [4.78, 5) is 0. The van der Waals surface area contributed by atoms with Gasteiger partial charge < -0.3 is 0 Å². The minimum atomic E-state index is -0.205. The Morgan fingerprint density at radius 3 is 2.07 bits per heavy atom. The van der Waals surface area contributed by atoms with Crippen LogP contribution in [0.15, 0.2) is 89.6 Å². The zero-order valence-electron chi connectivity index (χ0n) is 17.4. The second-order valence-electron chi connectivity index (χ2n) is 7.37. The number of benzene rings is 3. The van der Waals surface area contributed by atoms with Crippen molar-refractivity contribution in [1.82, 2.24) is 0 Å². The van der Waals surface area contributed by atoms with Crippen LogP contribution >= 0.6 is 0 Å². The van der Waals surface area contributed by atoms with Gasteiger partial charge in [0.2, 0.25) is 0 Å². The van der Waals surface area contributed by atoms with E-state index in [2.05, 4.69) is 41.0 Å². The molecule has 0 aliphatic rings. The SMILES string of the molecule is C=CCCCCc1ccc(C=NN=Cc2ccc(-c3ccc(C)cc3F)cc2)cc1. The molecule has 0 unspecified atom stereocenters. The number of allylic oxidation sites excluding steroid dienone is 1. The molecule has 3 heteroatoms. The molecule has 3 aromatic carbocycles. The maximum atomic E-state index is 14.1. The summed E-state index contributed by atoms with van der Waals surface area (Å²) >= 11 is 0. The first-order valence-corrected chi connectivity index (χ1v) is 10.3. The minimum absolute atomic E-state index is 0.205. The van der Waals surface area contributed by atoms with Crippen LogP contribution in [-0.4, -0.2) is 12.4 Å². The normalized spacial score (nSPS) is 11.4. The zero-order chi connectivity index (χ0) is 21.2. The molecule has 30 heavy (non-hydrogen) atoms. The number of aryl methyl sites for hydroxylation is 2. The molecule has 0 amide bonds. The second kappa shape index (κ2) is 11.0. The van der Waals surface area contributed by atoms with Gasteiger partial charge in [-0.05, 0) is 66.5 Å². The Morgan fingerprint density at radius 2 is 1.47 bits per heavy atom. The van der Waals surface area contributed by atoms with E-state index < -0.39 is 0 Å². The van der Waals surface area contributed by atoms with Gasteiger partial charge in [0.15, 0.2) is 0 Å². The third-order valence-corrected chi connectivity index (χ3v) is 4.93. The van der Waals surface area contributed by atoms with Crippen LogP contribution < -0.4 is 0 Å². The molecule has 152 valence electrons. The van der Waals surface area contributed by atoms with Gasteiger partial charge in [-0.3, -0.25) is 0 Å². The lowest BCUT2D eigenvalue weighted by Crippen LogP contribution is -1.88. The van der Waals surface area contributed by atoms with Gasteiger partial charge in [-0.15, -0.1) is 6.58 Å². The lowest BCUT2D eigenvalue weighted by molar-refractivity contribution is 0.630. The number of unbranched alkanes of at least 4 members (excludes halogenated alkanes) is 2. The van der Waals surface area contributed by atoms with E-state index in [-0.39, 0.29) is 5.82 Å².